The molecular weight excluding hydrogens is 477 g/mol. The fourth-order valence-electron chi connectivity index (χ4n) is 3.42. The van der Waals surface area contributed by atoms with Crippen molar-refractivity contribution in [2.45, 2.75) is 31.0 Å². The zero-order chi connectivity index (χ0) is 24.8. The number of alkyl halides is 3. The summed E-state index contributed by atoms with van der Waals surface area (Å²) in [6.07, 6.45) is -5.66. The number of aromatic nitrogens is 3. The highest BCUT2D eigenvalue weighted by molar-refractivity contribution is 5.90. The number of rotatable bonds is 6. The maximum Gasteiger partial charge on any atom is 0.490 e. The topological polar surface area (TPSA) is 203 Å². The molecule has 2 saturated heterocycles. The van der Waals surface area contributed by atoms with Gasteiger partial charge in [0.15, 0.2) is 6.29 Å². The monoisotopic (exact) mass is 488 g/mol. The minimum absolute atomic E-state index is 0.0227. The number of nitrogens with one attached hydrogen (secondary N) is 1. The summed E-state index contributed by atoms with van der Waals surface area (Å²) in [5.74, 6) is -0.673. The number of nitro groups is 3. The number of hydrazone groups is 1. The second kappa shape index (κ2) is 8.26. The van der Waals surface area contributed by atoms with Crippen molar-refractivity contribution in [2.75, 3.05) is 12.0 Å². The summed E-state index contributed by atoms with van der Waals surface area (Å²) in [6, 6.07) is -0.406. The molecule has 2 bridgehead atoms. The second-order valence-electron chi connectivity index (χ2n) is 7.01. The molecule has 3 heterocycles. The molecule has 16 nitrogen and oxygen atoms in total. The van der Waals surface area contributed by atoms with E-state index in [0.29, 0.717) is 0 Å². The van der Waals surface area contributed by atoms with Crippen molar-refractivity contribution >= 4 is 28.7 Å². The van der Waals surface area contributed by atoms with Crippen molar-refractivity contribution in [3.63, 3.8) is 0 Å². The van der Waals surface area contributed by atoms with Gasteiger partial charge in [-0.2, -0.15) is 23.0 Å². The number of benzene rings is 1. The Morgan fingerprint density at radius 2 is 1.76 bits per heavy atom. The third-order valence-electron chi connectivity index (χ3n) is 4.96. The van der Waals surface area contributed by atoms with Gasteiger partial charge in [-0.05, 0) is 4.92 Å². The highest BCUT2D eigenvalue weighted by Gasteiger charge is 2.45. The summed E-state index contributed by atoms with van der Waals surface area (Å²) in [6.45, 7) is 0.0303. The van der Waals surface area contributed by atoms with E-state index in [2.05, 4.69) is 20.6 Å². The normalized spacial score (nSPS) is 23.1. The number of anilines is 1. The third-order valence-corrected chi connectivity index (χ3v) is 4.96. The van der Waals surface area contributed by atoms with Crippen LogP contribution in [0.3, 0.4) is 0 Å². The van der Waals surface area contributed by atoms with Crippen molar-refractivity contribution in [1.82, 2.24) is 14.8 Å². The first kappa shape index (κ1) is 22.9. The molecule has 0 aliphatic carbocycles. The second-order valence-corrected chi connectivity index (χ2v) is 7.01. The van der Waals surface area contributed by atoms with Crippen LogP contribution >= 0.6 is 0 Å². The van der Waals surface area contributed by atoms with Gasteiger partial charge in [0.2, 0.25) is 12.0 Å². The molecule has 1 aromatic heterocycles. The number of fused-ring (bicyclic) bond motifs is 2. The number of halogens is 3. The van der Waals surface area contributed by atoms with Gasteiger partial charge >= 0.3 is 23.5 Å². The van der Waals surface area contributed by atoms with Gasteiger partial charge in [0.05, 0.1) is 27.7 Å². The Balaban J connectivity index is 1.69. The van der Waals surface area contributed by atoms with Crippen molar-refractivity contribution < 1.29 is 37.4 Å². The minimum atomic E-state index is -5.07. The Labute approximate surface area is 184 Å². The lowest BCUT2D eigenvalue weighted by Crippen LogP contribution is -2.37. The van der Waals surface area contributed by atoms with E-state index in [1.165, 1.54) is 0 Å². The number of ether oxygens (including phenoxy) is 2. The van der Waals surface area contributed by atoms with Crippen LogP contribution in [0.4, 0.5) is 36.2 Å². The first-order valence-corrected chi connectivity index (χ1v) is 9.14. The average molecular weight is 488 g/mol. The van der Waals surface area contributed by atoms with Crippen LogP contribution in [0.25, 0.3) is 0 Å². The zero-order valence-electron chi connectivity index (χ0n) is 16.4. The molecule has 1 N–H and O–H groups in total. The molecule has 0 radical (unpaired) electrons. The van der Waals surface area contributed by atoms with Gasteiger partial charge < -0.3 is 19.6 Å². The predicted octanol–water partition coefficient (Wildman–Crippen LogP) is 2.18. The van der Waals surface area contributed by atoms with Crippen LogP contribution in [0, 0.1) is 30.3 Å². The first-order chi connectivity index (χ1) is 16.0. The smallest absolute Gasteiger partial charge is 0.390 e. The Hall–Kier alpha value is -4.26. The lowest BCUT2D eigenvalue weighted by Gasteiger charge is -2.26. The van der Waals surface area contributed by atoms with Crippen LogP contribution < -0.4 is 5.43 Å². The molecule has 2 aromatic rings. The lowest BCUT2D eigenvalue weighted by atomic mass is 10.0. The van der Waals surface area contributed by atoms with Crippen LogP contribution in [0.1, 0.15) is 18.0 Å². The van der Waals surface area contributed by atoms with Crippen molar-refractivity contribution in [2.24, 2.45) is 5.10 Å². The molecule has 2 fully saturated rings. The summed E-state index contributed by atoms with van der Waals surface area (Å²) in [5, 5.41) is 41.1. The molecular formula is C15H11F3N8O8. The highest BCUT2D eigenvalue weighted by atomic mass is 19.4. The molecule has 180 valence electrons. The van der Waals surface area contributed by atoms with Crippen molar-refractivity contribution in [3.8, 4) is 0 Å². The molecule has 0 spiro atoms. The molecule has 2 aliphatic heterocycles. The highest BCUT2D eigenvalue weighted by Crippen LogP contribution is 2.41. The average Bonchev–Trinajstić information content (AvgIpc) is 3.40. The molecule has 4 rings (SSSR count). The Morgan fingerprint density at radius 1 is 1.12 bits per heavy atom. The van der Waals surface area contributed by atoms with Gasteiger partial charge in [-0.3, -0.25) is 25.7 Å². The van der Waals surface area contributed by atoms with Gasteiger partial charge in [0.25, 0.3) is 0 Å². The van der Waals surface area contributed by atoms with Crippen LogP contribution in [-0.2, 0) is 15.7 Å². The Morgan fingerprint density at radius 3 is 2.29 bits per heavy atom. The van der Waals surface area contributed by atoms with Crippen LogP contribution in [0.15, 0.2) is 23.6 Å². The van der Waals surface area contributed by atoms with Crippen molar-refractivity contribution in [3.05, 3.63) is 54.4 Å². The van der Waals surface area contributed by atoms with E-state index >= 15 is 0 Å². The standard InChI is InChI=1S/C15H11F3N8O8/c16-15(17,18)6-1-9(24(27)28)12(10(2-6)25(29)30)21-20-7-3-8(11-4-33-13(7)34-11)23-5-19-14(22-23)26(31)32/h1-2,5,8,11,13,21H,3-4H2. The lowest BCUT2D eigenvalue weighted by molar-refractivity contribution is -0.394. The quantitative estimate of drug-likeness (QED) is 0.461. The van der Waals surface area contributed by atoms with Crippen molar-refractivity contribution in [1.29, 1.82) is 0 Å². The third kappa shape index (κ3) is 4.20. The summed E-state index contributed by atoms with van der Waals surface area (Å²) < 4.78 is 51.3. The largest absolute Gasteiger partial charge is 0.490 e. The van der Waals surface area contributed by atoms with Gasteiger partial charge in [-0.25, -0.2) is 0 Å². The molecule has 19 heteroatoms. The number of nitro benzene ring substituents is 2. The predicted molar refractivity (Wildman–Crippen MR) is 101 cm³/mol. The first-order valence-electron chi connectivity index (χ1n) is 9.14. The van der Waals surface area contributed by atoms with E-state index < -0.39 is 68.0 Å². The van der Waals surface area contributed by atoms with Gasteiger partial charge in [0.1, 0.15) is 12.1 Å². The maximum atomic E-state index is 13.1. The summed E-state index contributed by atoms with van der Waals surface area (Å²) >= 11 is 0. The molecule has 0 amide bonds. The van der Waals surface area contributed by atoms with E-state index in [0.717, 1.165) is 11.0 Å². The fourth-order valence-corrected chi connectivity index (χ4v) is 3.42. The van der Waals surface area contributed by atoms with E-state index in [4.69, 9.17) is 9.47 Å². The van der Waals surface area contributed by atoms with Crippen LogP contribution in [0.2, 0.25) is 0 Å². The van der Waals surface area contributed by atoms with Crippen LogP contribution in [-0.4, -0.2) is 54.2 Å². The SMILES string of the molecule is O=[N+]([O-])c1ncn(C2CC(=NNc3c([N+](=O)[O-])cc(C(F)(F)F)cc3[N+](=O)[O-])C3OCC2O3)n1. The molecule has 3 atom stereocenters. The molecule has 3 unspecified atom stereocenters. The van der Waals surface area contributed by atoms with E-state index in [9.17, 15) is 43.5 Å². The summed E-state index contributed by atoms with van der Waals surface area (Å²) in [4.78, 5) is 33.8. The van der Waals surface area contributed by atoms with Gasteiger partial charge in [-0.1, -0.05) is 4.98 Å². The Bertz CT molecular complexity index is 1180. The number of hydrogen-bond donors (Lipinski definition) is 1. The van der Waals surface area contributed by atoms with E-state index in [1.807, 2.05) is 0 Å². The summed E-state index contributed by atoms with van der Waals surface area (Å²) in [7, 11) is 0. The fraction of sp³-hybridized carbons (Fsp3) is 0.400. The Kier molecular flexibility index (Phi) is 5.57. The molecule has 0 saturated carbocycles. The van der Waals surface area contributed by atoms with E-state index in [1.54, 1.807) is 0 Å². The minimum Gasteiger partial charge on any atom is -0.390 e. The van der Waals surface area contributed by atoms with Crippen LogP contribution in [0.5, 0.6) is 0 Å². The van der Waals surface area contributed by atoms with Gasteiger partial charge in [0, 0.05) is 23.7 Å². The zero-order valence-corrected chi connectivity index (χ0v) is 16.4. The molecule has 2 aliphatic rings. The van der Waals surface area contributed by atoms with Gasteiger partial charge in [-0.15, -0.1) is 0 Å². The molecule has 34 heavy (non-hydrogen) atoms. The molecule has 1 aromatic carbocycles. The number of nitrogens with zero attached hydrogens (tertiary/aromatic N) is 7. The summed E-state index contributed by atoms with van der Waals surface area (Å²) in [5.41, 5.74) is -2.80. The maximum absolute atomic E-state index is 13.1. The number of hydrogen-bond acceptors (Lipinski definition) is 12. The van der Waals surface area contributed by atoms with E-state index in [-0.39, 0.29) is 30.9 Å².